The van der Waals surface area contributed by atoms with Crippen LogP contribution in [0, 0.1) is 0 Å². The van der Waals surface area contributed by atoms with Gasteiger partial charge in [-0.25, -0.2) is 0 Å². The van der Waals surface area contributed by atoms with Crippen molar-refractivity contribution in [1.29, 1.82) is 0 Å². The van der Waals surface area contributed by atoms with Crippen LogP contribution in [0.5, 0.6) is 11.5 Å². The van der Waals surface area contributed by atoms with E-state index in [9.17, 15) is 14.7 Å². The van der Waals surface area contributed by atoms with Gasteiger partial charge in [0.15, 0.2) is 0 Å². The average Bonchev–Trinajstić information content (AvgIpc) is 3.04. The molecule has 1 aliphatic heterocycles. The minimum atomic E-state index is -0.670. The summed E-state index contributed by atoms with van der Waals surface area (Å²) >= 11 is 0. The Labute approximate surface area is 183 Å². The first-order chi connectivity index (χ1) is 15.0. The molecule has 0 radical (unpaired) electrons. The number of hydrogen-bond donors (Lipinski definition) is 1. The number of aliphatic hydroxyl groups excluding tert-OH is 1. The van der Waals surface area contributed by atoms with Crippen LogP contribution in [0.25, 0.3) is 5.76 Å². The zero-order valence-electron chi connectivity index (χ0n) is 18.3. The van der Waals surface area contributed by atoms with Crippen LogP contribution in [-0.4, -0.2) is 42.0 Å². The molecule has 6 heteroatoms. The van der Waals surface area contributed by atoms with Crippen LogP contribution in [0.3, 0.4) is 0 Å². The molecule has 0 aliphatic carbocycles. The highest BCUT2D eigenvalue weighted by Gasteiger charge is 2.45. The van der Waals surface area contributed by atoms with Crippen molar-refractivity contribution >= 4 is 17.4 Å². The second-order valence-electron chi connectivity index (χ2n) is 7.43. The summed E-state index contributed by atoms with van der Waals surface area (Å²) < 4.78 is 10.8. The fourth-order valence-electron chi connectivity index (χ4n) is 3.83. The van der Waals surface area contributed by atoms with E-state index < -0.39 is 17.7 Å². The predicted octanol–water partition coefficient (Wildman–Crippen LogP) is 4.71. The normalized spacial score (nSPS) is 17.8. The maximum Gasteiger partial charge on any atom is 0.295 e. The van der Waals surface area contributed by atoms with Gasteiger partial charge in [-0.15, -0.1) is 0 Å². The number of hydrogen-bond acceptors (Lipinski definition) is 5. The monoisotopic (exact) mass is 423 g/mol. The van der Waals surface area contributed by atoms with E-state index in [-0.39, 0.29) is 11.3 Å². The number of Topliss-reactive ketones (excluding diaryl/α,β-unsaturated/α-hetero) is 1. The van der Waals surface area contributed by atoms with E-state index in [1.807, 2.05) is 31.2 Å². The number of nitrogens with zero attached hydrogens (tertiary/aromatic N) is 1. The third kappa shape index (κ3) is 4.74. The molecule has 3 rings (SSSR count). The van der Waals surface area contributed by atoms with Gasteiger partial charge in [-0.3, -0.25) is 9.59 Å². The Morgan fingerprint density at radius 2 is 1.77 bits per heavy atom. The zero-order chi connectivity index (χ0) is 22.4. The van der Waals surface area contributed by atoms with Crippen LogP contribution in [0.15, 0.2) is 54.1 Å². The fraction of sp³-hybridized carbons (Fsp3) is 0.360. The quantitative estimate of drug-likeness (QED) is 0.274. The average molecular weight is 424 g/mol. The Kier molecular flexibility index (Phi) is 7.34. The molecule has 0 bridgehead atoms. The molecule has 6 nitrogen and oxygen atoms in total. The van der Waals surface area contributed by atoms with E-state index in [0.717, 1.165) is 24.8 Å². The van der Waals surface area contributed by atoms with Crippen molar-refractivity contribution in [3.05, 3.63) is 65.2 Å². The van der Waals surface area contributed by atoms with Gasteiger partial charge in [-0.1, -0.05) is 31.9 Å². The molecular weight excluding hydrogens is 394 g/mol. The number of rotatable bonds is 9. The highest BCUT2D eigenvalue weighted by atomic mass is 16.5. The van der Waals surface area contributed by atoms with E-state index in [4.69, 9.17) is 9.47 Å². The number of carbonyl (C=O) groups is 2. The smallest absolute Gasteiger partial charge is 0.295 e. The van der Waals surface area contributed by atoms with Gasteiger partial charge < -0.3 is 19.5 Å². The van der Waals surface area contributed by atoms with Crippen molar-refractivity contribution in [3.8, 4) is 11.5 Å². The SMILES string of the molecule is CCCCCN1C(=O)C(=O)/C(=C(\O)c2ccc(OC)cc2)C1c1cccc(OCC)c1. The minimum Gasteiger partial charge on any atom is -0.507 e. The Hall–Kier alpha value is -3.28. The highest BCUT2D eigenvalue weighted by molar-refractivity contribution is 6.46. The highest BCUT2D eigenvalue weighted by Crippen LogP contribution is 2.40. The van der Waals surface area contributed by atoms with Crippen LogP contribution in [0.1, 0.15) is 50.3 Å². The van der Waals surface area contributed by atoms with Gasteiger partial charge in [0.25, 0.3) is 11.7 Å². The molecule has 1 aliphatic rings. The Morgan fingerprint density at radius 3 is 2.42 bits per heavy atom. The molecule has 1 amide bonds. The maximum absolute atomic E-state index is 13.0. The molecule has 1 N–H and O–H groups in total. The van der Waals surface area contributed by atoms with Crippen molar-refractivity contribution in [3.63, 3.8) is 0 Å². The number of likely N-dealkylation sites (tertiary alicyclic amines) is 1. The van der Waals surface area contributed by atoms with Crippen molar-refractivity contribution in [2.24, 2.45) is 0 Å². The summed E-state index contributed by atoms with van der Waals surface area (Å²) in [5.74, 6) is -0.151. The van der Waals surface area contributed by atoms with Crippen molar-refractivity contribution in [1.82, 2.24) is 4.90 Å². The lowest BCUT2D eigenvalue weighted by Gasteiger charge is -2.25. The van der Waals surface area contributed by atoms with Crippen molar-refractivity contribution in [2.75, 3.05) is 20.3 Å². The molecule has 1 unspecified atom stereocenters. The molecule has 2 aromatic rings. The molecular formula is C25H29NO5. The van der Waals surface area contributed by atoms with Gasteiger partial charge in [0.05, 0.1) is 25.3 Å². The molecule has 1 fully saturated rings. The lowest BCUT2D eigenvalue weighted by atomic mass is 9.95. The van der Waals surface area contributed by atoms with Gasteiger partial charge in [-0.2, -0.15) is 0 Å². The van der Waals surface area contributed by atoms with Crippen LogP contribution in [-0.2, 0) is 9.59 Å². The summed E-state index contributed by atoms with van der Waals surface area (Å²) in [6.07, 6.45) is 2.74. The molecule has 1 atom stereocenters. The van der Waals surface area contributed by atoms with Crippen LogP contribution >= 0.6 is 0 Å². The van der Waals surface area contributed by atoms with E-state index in [1.54, 1.807) is 36.3 Å². The number of unbranched alkanes of at least 4 members (excludes halogenated alkanes) is 2. The van der Waals surface area contributed by atoms with Crippen molar-refractivity contribution < 1.29 is 24.2 Å². The number of methoxy groups -OCH3 is 1. The van der Waals surface area contributed by atoms with Gasteiger partial charge in [-0.05, 0) is 55.3 Å². The zero-order valence-corrected chi connectivity index (χ0v) is 18.3. The first kappa shape index (κ1) is 22.4. The summed E-state index contributed by atoms with van der Waals surface area (Å²) in [6, 6.07) is 13.4. The lowest BCUT2D eigenvalue weighted by molar-refractivity contribution is -0.139. The third-order valence-corrected chi connectivity index (χ3v) is 5.39. The largest absolute Gasteiger partial charge is 0.507 e. The molecule has 0 aromatic heterocycles. The second kappa shape index (κ2) is 10.2. The Balaban J connectivity index is 2.10. The van der Waals surface area contributed by atoms with E-state index in [0.29, 0.717) is 30.2 Å². The molecule has 2 aromatic carbocycles. The van der Waals surface area contributed by atoms with Gasteiger partial charge in [0, 0.05) is 12.1 Å². The van der Waals surface area contributed by atoms with Crippen molar-refractivity contribution in [2.45, 2.75) is 39.2 Å². The summed E-state index contributed by atoms with van der Waals surface area (Å²) in [5.41, 5.74) is 1.29. The van der Waals surface area contributed by atoms with E-state index in [2.05, 4.69) is 6.92 Å². The fourth-order valence-corrected chi connectivity index (χ4v) is 3.83. The molecule has 1 heterocycles. The number of ketones is 1. The van der Waals surface area contributed by atoms with Gasteiger partial charge >= 0.3 is 0 Å². The number of carbonyl (C=O) groups excluding carboxylic acids is 2. The summed E-state index contributed by atoms with van der Waals surface area (Å²) in [5, 5.41) is 11.1. The van der Waals surface area contributed by atoms with Crippen LogP contribution in [0.2, 0.25) is 0 Å². The molecule has 164 valence electrons. The topological polar surface area (TPSA) is 76.1 Å². The van der Waals surface area contributed by atoms with Gasteiger partial charge in [0.1, 0.15) is 17.3 Å². The summed E-state index contributed by atoms with van der Waals surface area (Å²) in [6.45, 7) is 4.93. The van der Waals surface area contributed by atoms with Crippen LogP contribution < -0.4 is 9.47 Å². The molecule has 1 saturated heterocycles. The first-order valence-electron chi connectivity index (χ1n) is 10.7. The molecule has 31 heavy (non-hydrogen) atoms. The predicted molar refractivity (Wildman–Crippen MR) is 119 cm³/mol. The minimum absolute atomic E-state index is 0.0975. The Bertz CT molecular complexity index is 964. The maximum atomic E-state index is 13.0. The van der Waals surface area contributed by atoms with E-state index >= 15 is 0 Å². The summed E-state index contributed by atoms with van der Waals surface area (Å²) in [7, 11) is 1.56. The Morgan fingerprint density at radius 1 is 1.03 bits per heavy atom. The molecule has 0 saturated carbocycles. The standard InChI is InChI=1S/C25H29NO5/c1-4-6-7-15-26-22(18-9-8-10-20(16-18)31-5-2)21(24(28)25(26)29)23(27)17-11-13-19(30-3)14-12-17/h8-14,16,22,27H,4-7,15H2,1-3H3/b23-21-. The molecule has 0 spiro atoms. The second-order valence-corrected chi connectivity index (χ2v) is 7.43. The third-order valence-electron chi connectivity index (χ3n) is 5.39. The van der Waals surface area contributed by atoms with E-state index in [1.165, 1.54) is 0 Å². The van der Waals surface area contributed by atoms with Gasteiger partial charge in [0.2, 0.25) is 0 Å². The number of ether oxygens (including phenoxy) is 2. The number of benzene rings is 2. The number of aliphatic hydroxyl groups is 1. The lowest BCUT2D eigenvalue weighted by Crippen LogP contribution is -2.30. The number of amides is 1. The first-order valence-corrected chi connectivity index (χ1v) is 10.7. The van der Waals surface area contributed by atoms with Crippen LogP contribution in [0.4, 0.5) is 0 Å². The summed E-state index contributed by atoms with van der Waals surface area (Å²) in [4.78, 5) is 27.5.